The first-order valence-corrected chi connectivity index (χ1v) is 13.4. The summed E-state index contributed by atoms with van der Waals surface area (Å²) in [5.41, 5.74) is 0. The van der Waals surface area contributed by atoms with Gasteiger partial charge in [-0.25, -0.2) is 9.13 Å². The van der Waals surface area contributed by atoms with E-state index in [1.165, 1.54) is 135 Å². The fourth-order valence-electron chi connectivity index (χ4n) is 4.44. The Balaban J connectivity index is 2.10. The molecule has 0 unspecified atom stereocenters. The Morgan fingerprint density at radius 2 is 1.07 bits per heavy atom. The molecule has 29 heavy (non-hydrogen) atoms. The lowest BCUT2D eigenvalue weighted by Gasteiger charge is -2.06. The van der Waals surface area contributed by atoms with Crippen LogP contribution in [0.1, 0.15) is 142 Å². The molecule has 0 fully saturated rings. The van der Waals surface area contributed by atoms with Crippen LogP contribution in [0.15, 0.2) is 12.4 Å². The number of aryl methyl sites for hydroxylation is 2. The second-order valence-corrected chi connectivity index (χ2v) is 9.15. The van der Waals surface area contributed by atoms with E-state index in [9.17, 15) is 0 Å². The van der Waals surface area contributed by atoms with E-state index >= 15 is 0 Å². The van der Waals surface area contributed by atoms with Crippen molar-refractivity contribution < 1.29 is 4.57 Å². The van der Waals surface area contributed by atoms with Crippen LogP contribution in [0.2, 0.25) is 0 Å². The summed E-state index contributed by atoms with van der Waals surface area (Å²) in [4.78, 5) is 0. The molecule has 0 aliphatic carbocycles. The maximum absolute atomic E-state index is 2.56. The number of hydrogen-bond acceptors (Lipinski definition) is 0. The van der Waals surface area contributed by atoms with Crippen LogP contribution in [0.3, 0.4) is 0 Å². The van der Waals surface area contributed by atoms with Crippen LogP contribution in [0.25, 0.3) is 0 Å². The Morgan fingerprint density at radius 3 is 1.59 bits per heavy atom. The molecular formula is C27H53N2+. The topological polar surface area (TPSA) is 8.81 Å². The minimum absolute atomic E-state index is 1.18. The summed E-state index contributed by atoms with van der Waals surface area (Å²) >= 11 is 0. The predicted molar refractivity (Wildman–Crippen MR) is 128 cm³/mol. The summed E-state index contributed by atoms with van der Waals surface area (Å²) in [5.74, 6) is 1.57. The van der Waals surface area contributed by atoms with Crippen molar-refractivity contribution in [3.63, 3.8) is 0 Å². The predicted octanol–water partition coefficient (Wildman–Crippen LogP) is 8.40. The van der Waals surface area contributed by atoms with E-state index in [1.807, 2.05) is 0 Å². The first kappa shape index (κ1) is 26.2. The molecule has 0 aromatic carbocycles. The Labute approximate surface area is 183 Å². The molecule has 0 N–H and O–H groups in total. The molecule has 1 aromatic heterocycles. The van der Waals surface area contributed by atoms with Crippen molar-refractivity contribution in [1.29, 1.82) is 0 Å². The van der Waals surface area contributed by atoms with Crippen molar-refractivity contribution in [3.8, 4) is 0 Å². The van der Waals surface area contributed by atoms with Gasteiger partial charge in [-0.15, -0.1) is 0 Å². The number of hydrogen-bond donors (Lipinski definition) is 0. The van der Waals surface area contributed by atoms with E-state index in [2.05, 4.69) is 42.3 Å². The Kier molecular flexibility index (Phi) is 17.4. The Morgan fingerprint density at radius 1 is 0.586 bits per heavy atom. The number of imidazole rings is 1. The van der Waals surface area contributed by atoms with Crippen LogP contribution < -0.4 is 4.57 Å². The first-order chi connectivity index (χ1) is 14.3. The van der Waals surface area contributed by atoms with Crippen molar-refractivity contribution in [2.75, 3.05) is 0 Å². The number of unbranched alkanes of at least 4 members (excludes halogenated alkanes) is 15. The highest BCUT2D eigenvalue weighted by Gasteiger charge is 2.15. The monoisotopic (exact) mass is 405 g/mol. The second-order valence-electron chi connectivity index (χ2n) is 9.15. The lowest BCUT2D eigenvalue weighted by Crippen LogP contribution is -2.37. The molecule has 0 bridgehead atoms. The van der Waals surface area contributed by atoms with Gasteiger partial charge in [0.1, 0.15) is 12.4 Å². The van der Waals surface area contributed by atoms with Crippen molar-refractivity contribution in [2.45, 2.75) is 156 Å². The molecule has 0 saturated carbocycles. The van der Waals surface area contributed by atoms with Crippen LogP contribution in [0.4, 0.5) is 0 Å². The van der Waals surface area contributed by atoms with Crippen LogP contribution in [0.5, 0.6) is 0 Å². The minimum Gasteiger partial charge on any atom is -0.234 e. The molecule has 1 heterocycles. The van der Waals surface area contributed by atoms with Crippen LogP contribution in [0, 0.1) is 0 Å². The average Bonchev–Trinajstić information content (AvgIpc) is 3.10. The normalized spacial score (nSPS) is 11.4. The maximum atomic E-state index is 2.56. The van der Waals surface area contributed by atoms with Gasteiger partial charge in [-0.05, 0) is 25.7 Å². The van der Waals surface area contributed by atoms with Crippen molar-refractivity contribution >= 4 is 0 Å². The van der Waals surface area contributed by atoms with Crippen molar-refractivity contribution in [1.82, 2.24) is 4.57 Å². The molecule has 0 aliphatic rings. The van der Waals surface area contributed by atoms with Crippen LogP contribution in [-0.4, -0.2) is 4.57 Å². The fraction of sp³-hybridized carbons (Fsp3) is 0.889. The van der Waals surface area contributed by atoms with Crippen LogP contribution in [-0.2, 0) is 19.5 Å². The number of rotatable bonds is 21. The maximum Gasteiger partial charge on any atom is 0.256 e. The van der Waals surface area contributed by atoms with Crippen molar-refractivity contribution in [2.24, 2.45) is 0 Å². The molecule has 0 atom stereocenters. The highest BCUT2D eigenvalue weighted by Crippen LogP contribution is 2.13. The fourth-order valence-corrected chi connectivity index (χ4v) is 4.44. The van der Waals surface area contributed by atoms with Gasteiger partial charge in [0.15, 0.2) is 0 Å². The molecule has 0 spiro atoms. The van der Waals surface area contributed by atoms with Gasteiger partial charge in [-0.1, -0.05) is 111 Å². The molecule has 1 rings (SSSR count). The summed E-state index contributed by atoms with van der Waals surface area (Å²) in [6.45, 7) is 9.29. The zero-order chi connectivity index (χ0) is 21.0. The third-order valence-electron chi connectivity index (χ3n) is 6.31. The van der Waals surface area contributed by atoms with Gasteiger partial charge in [0, 0.05) is 6.42 Å². The SMILES string of the molecule is CCCCCCCCCCCCCCCn1cc[n+](CCC)c1CCCCCC. The highest BCUT2D eigenvalue weighted by atomic mass is 15.1. The smallest absolute Gasteiger partial charge is 0.234 e. The van der Waals surface area contributed by atoms with E-state index in [4.69, 9.17) is 0 Å². The van der Waals surface area contributed by atoms with Gasteiger partial charge in [0.05, 0.1) is 13.1 Å². The third kappa shape index (κ3) is 13.2. The molecule has 2 heteroatoms. The van der Waals surface area contributed by atoms with Gasteiger partial charge in [0.2, 0.25) is 0 Å². The van der Waals surface area contributed by atoms with E-state index < -0.39 is 0 Å². The van der Waals surface area contributed by atoms with Gasteiger partial charge >= 0.3 is 0 Å². The molecule has 0 amide bonds. The zero-order valence-electron chi connectivity index (χ0n) is 20.4. The van der Waals surface area contributed by atoms with Gasteiger partial charge < -0.3 is 0 Å². The quantitative estimate of drug-likeness (QED) is 0.143. The van der Waals surface area contributed by atoms with E-state index in [0.717, 1.165) is 0 Å². The summed E-state index contributed by atoms with van der Waals surface area (Å²) in [5, 5.41) is 0. The molecule has 0 aliphatic heterocycles. The first-order valence-electron chi connectivity index (χ1n) is 13.4. The van der Waals surface area contributed by atoms with E-state index in [0.29, 0.717) is 0 Å². The summed E-state index contributed by atoms with van der Waals surface area (Å²) in [6.07, 6.45) is 31.2. The Hall–Kier alpha value is -0.790. The van der Waals surface area contributed by atoms with Gasteiger partial charge in [-0.2, -0.15) is 0 Å². The standard InChI is InChI=1S/C27H53N2/c1-4-7-9-11-12-13-14-15-16-17-18-19-21-24-29-26-25-28(23-6-3)27(29)22-20-10-8-5-2/h25-26H,4-24H2,1-3H3/q+1. The Bertz CT molecular complexity index is 463. The van der Waals surface area contributed by atoms with E-state index in [-0.39, 0.29) is 0 Å². The summed E-state index contributed by atoms with van der Waals surface area (Å²) in [7, 11) is 0. The third-order valence-corrected chi connectivity index (χ3v) is 6.31. The average molecular weight is 406 g/mol. The lowest BCUT2D eigenvalue weighted by molar-refractivity contribution is -0.703. The van der Waals surface area contributed by atoms with E-state index in [1.54, 1.807) is 5.82 Å². The van der Waals surface area contributed by atoms with Gasteiger partial charge in [0.25, 0.3) is 5.82 Å². The summed E-state index contributed by atoms with van der Waals surface area (Å²) < 4.78 is 5.06. The highest BCUT2D eigenvalue weighted by molar-refractivity contribution is 4.84. The second kappa shape index (κ2) is 19.2. The van der Waals surface area contributed by atoms with Crippen molar-refractivity contribution in [3.05, 3.63) is 18.2 Å². The number of nitrogens with zero attached hydrogens (tertiary/aromatic N) is 2. The molecule has 1 aromatic rings. The molecule has 0 radical (unpaired) electrons. The summed E-state index contributed by atoms with van der Waals surface area (Å²) in [6, 6.07) is 0. The van der Waals surface area contributed by atoms with Gasteiger partial charge in [-0.3, -0.25) is 0 Å². The minimum atomic E-state index is 1.18. The molecule has 170 valence electrons. The molecular weight excluding hydrogens is 352 g/mol. The molecule has 2 nitrogen and oxygen atoms in total. The lowest BCUT2D eigenvalue weighted by atomic mass is 10.0. The zero-order valence-corrected chi connectivity index (χ0v) is 20.4. The van der Waals surface area contributed by atoms with Crippen LogP contribution >= 0.6 is 0 Å². The molecule has 0 saturated heterocycles. The number of aromatic nitrogens is 2. The largest absolute Gasteiger partial charge is 0.256 e.